The van der Waals surface area contributed by atoms with E-state index in [9.17, 15) is 9.59 Å². The zero-order chi connectivity index (χ0) is 18.5. The van der Waals surface area contributed by atoms with Crippen LogP contribution in [-0.2, 0) is 4.79 Å². The van der Waals surface area contributed by atoms with Crippen molar-refractivity contribution in [3.8, 4) is 0 Å². The second kappa shape index (κ2) is 8.05. The van der Waals surface area contributed by atoms with E-state index in [0.29, 0.717) is 16.4 Å². The second-order valence-corrected chi connectivity index (χ2v) is 7.03. The van der Waals surface area contributed by atoms with Crippen LogP contribution in [0.2, 0.25) is 0 Å². The van der Waals surface area contributed by atoms with Gasteiger partial charge in [-0.2, -0.15) is 0 Å². The number of fused-ring (bicyclic) bond motifs is 1. The fourth-order valence-electron chi connectivity index (χ4n) is 2.45. The fourth-order valence-corrected chi connectivity index (χ4v) is 3.13. The van der Waals surface area contributed by atoms with E-state index >= 15 is 0 Å². The first-order chi connectivity index (χ1) is 12.5. The number of H-pyrrole nitrogens is 1. The van der Waals surface area contributed by atoms with Gasteiger partial charge in [-0.1, -0.05) is 36.0 Å². The number of carbonyl (C=O) groups is 2. The molecule has 0 bridgehead atoms. The lowest BCUT2D eigenvalue weighted by atomic mass is 10.1. The molecule has 1 heterocycles. The molecule has 2 aromatic carbocycles. The van der Waals surface area contributed by atoms with E-state index in [4.69, 9.17) is 0 Å². The third-order valence-electron chi connectivity index (χ3n) is 3.57. The summed E-state index contributed by atoms with van der Waals surface area (Å²) in [5.74, 6) is -0.207. The molecule has 0 atom stereocenters. The molecule has 0 aliphatic rings. The maximum absolute atomic E-state index is 12.3. The molecule has 0 fully saturated rings. The molecule has 0 saturated heterocycles. The van der Waals surface area contributed by atoms with E-state index in [-0.39, 0.29) is 23.6 Å². The molecule has 0 unspecified atom stereocenters. The Morgan fingerprint density at radius 1 is 1.12 bits per heavy atom. The molecule has 3 rings (SSSR count). The predicted octanol–water partition coefficient (Wildman–Crippen LogP) is 3.43. The van der Waals surface area contributed by atoms with E-state index in [1.165, 1.54) is 11.8 Å². The minimum Gasteiger partial charge on any atom is -0.350 e. The SMILES string of the molecule is CC(C)NC(=O)c1ccccc1NC(=O)CSc1nc2ccccc2[nH]1. The van der Waals surface area contributed by atoms with Gasteiger partial charge < -0.3 is 15.6 Å². The number of rotatable bonds is 6. The van der Waals surface area contributed by atoms with Crippen LogP contribution in [0.25, 0.3) is 11.0 Å². The van der Waals surface area contributed by atoms with Crippen molar-refractivity contribution in [3.63, 3.8) is 0 Å². The molecule has 3 aromatic rings. The van der Waals surface area contributed by atoms with Gasteiger partial charge in [-0.15, -0.1) is 0 Å². The van der Waals surface area contributed by atoms with Crippen LogP contribution in [0.4, 0.5) is 5.69 Å². The molecule has 3 N–H and O–H groups in total. The molecular weight excluding hydrogens is 348 g/mol. The third kappa shape index (κ3) is 4.43. The number of aromatic amines is 1. The highest BCUT2D eigenvalue weighted by Crippen LogP contribution is 2.20. The Bertz CT molecular complexity index is 903. The molecule has 0 aliphatic carbocycles. The Hall–Kier alpha value is -2.80. The topological polar surface area (TPSA) is 86.9 Å². The smallest absolute Gasteiger partial charge is 0.253 e. The van der Waals surface area contributed by atoms with E-state index in [2.05, 4.69) is 20.6 Å². The fraction of sp³-hybridized carbons (Fsp3) is 0.211. The first kappa shape index (κ1) is 18.0. The number of aromatic nitrogens is 2. The van der Waals surface area contributed by atoms with Crippen molar-refractivity contribution in [2.75, 3.05) is 11.1 Å². The van der Waals surface area contributed by atoms with Crippen LogP contribution in [0, 0.1) is 0 Å². The van der Waals surface area contributed by atoms with E-state index in [1.807, 2.05) is 38.1 Å². The number of amides is 2. The van der Waals surface area contributed by atoms with E-state index in [0.717, 1.165) is 11.0 Å². The third-order valence-corrected chi connectivity index (χ3v) is 4.45. The molecule has 1 aromatic heterocycles. The number of nitrogens with zero attached hydrogens (tertiary/aromatic N) is 1. The average molecular weight is 368 g/mol. The number of nitrogens with one attached hydrogen (secondary N) is 3. The summed E-state index contributed by atoms with van der Waals surface area (Å²) in [5, 5.41) is 6.33. The van der Waals surface area contributed by atoms with Crippen molar-refractivity contribution in [1.29, 1.82) is 0 Å². The Kier molecular flexibility index (Phi) is 5.58. The quantitative estimate of drug-likeness (QED) is 0.582. The minimum absolute atomic E-state index is 0.0231. The number of hydrogen-bond donors (Lipinski definition) is 3. The number of thioether (sulfide) groups is 1. The molecule has 2 amide bonds. The Labute approximate surface area is 155 Å². The number of carbonyl (C=O) groups excluding carboxylic acids is 2. The van der Waals surface area contributed by atoms with Crippen molar-refractivity contribution in [2.24, 2.45) is 0 Å². The largest absolute Gasteiger partial charge is 0.350 e. The molecule has 134 valence electrons. The second-order valence-electron chi connectivity index (χ2n) is 6.07. The van der Waals surface area contributed by atoms with Crippen LogP contribution in [0.1, 0.15) is 24.2 Å². The lowest BCUT2D eigenvalue weighted by molar-refractivity contribution is -0.113. The van der Waals surface area contributed by atoms with Crippen LogP contribution in [-0.4, -0.2) is 33.6 Å². The van der Waals surface area contributed by atoms with Gasteiger partial charge in [0, 0.05) is 6.04 Å². The number of imidazole rings is 1. The first-order valence-electron chi connectivity index (χ1n) is 8.30. The Morgan fingerprint density at radius 3 is 2.62 bits per heavy atom. The standard InChI is InChI=1S/C19H20N4O2S/c1-12(2)20-18(25)13-7-3-4-8-14(13)21-17(24)11-26-19-22-15-9-5-6-10-16(15)23-19/h3-10,12H,11H2,1-2H3,(H,20,25)(H,21,24)(H,22,23). The summed E-state index contributed by atoms with van der Waals surface area (Å²) in [4.78, 5) is 32.2. The number of benzene rings is 2. The van der Waals surface area contributed by atoms with Crippen molar-refractivity contribution >= 4 is 40.3 Å². The summed E-state index contributed by atoms with van der Waals surface area (Å²) in [6, 6.07) is 14.7. The maximum Gasteiger partial charge on any atom is 0.253 e. The highest BCUT2D eigenvalue weighted by atomic mass is 32.2. The lowest BCUT2D eigenvalue weighted by Gasteiger charge is -2.12. The van der Waals surface area contributed by atoms with Gasteiger partial charge in [-0.3, -0.25) is 9.59 Å². The van der Waals surface area contributed by atoms with Crippen LogP contribution >= 0.6 is 11.8 Å². The number of hydrogen-bond acceptors (Lipinski definition) is 4. The van der Waals surface area contributed by atoms with Gasteiger partial charge >= 0.3 is 0 Å². The van der Waals surface area contributed by atoms with Gasteiger partial charge in [0.25, 0.3) is 5.91 Å². The van der Waals surface area contributed by atoms with Crippen LogP contribution < -0.4 is 10.6 Å². The summed E-state index contributed by atoms with van der Waals surface area (Å²) >= 11 is 1.32. The van der Waals surface area contributed by atoms with Crippen LogP contribution in [0.3, 0.4) is 0 Å². The monoisotopic (exact) mass is 368 g/mol. The summed E-state index contributed by atoms with van der Waals surface area (Å²) in [7, 11) is 0. The maximum atomic E-state index is 12.3. The highest BCUT2D eigenvalue weighted by molar-refractivity contribution is 7.99. The summed E-state index contributed by atoms with van der Waals surface area (Å²) < 4.78 is 0. The van der Waals surface area contributed by atoms with Crippen molar-refractivity contribution in [1.82, 2.24) is 15.3 Å². The van der Waals surface area contributed by atoms with Crippen molar-refractivity contribution in [3.05, 3.63) is 54.1 Å². The molecule has 26 heavy (non-hydrogen) atoms. The van der Waals surface area contributed by atoms with Gasteiger partial charge in [0.15, 0.2) is 5.16 Å². The van der Waals surface area contributed by atoms with Gasteiger partial charge in [0.1, 0.15) is 0 Å². The molecule has 0 spiro atoms. The summed E-state index contributed by atoms with van der Waals surface area (Å²) in [6.07, 6.45) is 0. The van der Waals surface area contributed by atoms with Gasteiger partial charge in [-0.05, 0) is 38.1 Å². The van der Waals surface area contributed by atoms with Gasteiger partial charge in [0.05, 0.1) is 28.0 Å². The van der Waals surface area contributed by atoms with Gasteiger partial charge in [0.2, 0.25) is 5.91 Å². The first-order valence-corrected chi connectivity index (χ1v) is 9.29. The average Bonchev–Trinajstić information content (AvgIpc) is 3.03. The molecule has 7 heteroatoms. The lowest BCUT2D eigenvalue weighted by Crippen LogP contribution is -2.31. The normalized spacial score (nSPS) is 10.9. The van der Waals surface area contributed by atoms with Crippen molar-refractivity contribution in [2.45, 2.75) is 25.0 Å². The van der Waals surface area contributed by atoms with E-state index < -0.39 is 0 Å². The predicted molar refractivity (Wildman–Crippen MR) is 104 cm³/mol. The van der Waals surface area contributed by atoms with Crippen molar-refractivity contribution < 1.29 is 9.59 Å². The zero-order valence-corrected chi connectivity index (χ0v) is 15.4. The number of anilines is 1. The summed E-state index contributed by atoms with van der Waals surface area (Å²) in [6.45, 7) is 3.78. The molecule has 0 saturated carbocycles. The number of para-hydroxylation sites is 3. The molecular formula is C19H20N4O2S. The molecule has 6 nitrogen and oxygen atoms in total. The minimum atomic E-state index is -0.208. The van der Waals surface area contributed by atoms with Crippen LogP contribution in [0.15, 0.2) is 53.7 Å². The van der Waals surface area contributed by atoms with Crippen LogP contribution in [0.5, 0.6) is 0 Å². The molecule has 0 radical (unpaired) electrons. The summed E-state index contributed by atoms with van der Waals surface area (Å²) in [5.41, 5.74) is 2.75. The highest BCUT2D eigenvalue weighted by Gasteiger charge is 2.14. The zero-order valence-electron chi connectivity index (χ0n) is 14.6. The van der Waals surface area contributed by atoms with E-state index in [1.54, 1.807) is 24.3 Å². The Morgan fingerprint density at radius 2 is 1.85 bits per heavy atom. The molecule has 0 aliphatic heterocycles. The Balaban J connectivity index is 1.64. The van der Waals surface area contributed by atoms with Gasteiger partial charge in [-0.25, -0.2) is 4.98 Å².